The number of fused-ring (bicyclic) bond motifs is 4. The second-order valence-electron chi connectivity index (χ2n) is 16.7. The van der Waals surface area contributed by atoms with E-state index in [1.807, 2.05) is 136 Å². The molecule has 0 radical (unpaired) electrons. The maximum Gasteiger partial charge on any atom is 0.277 e. The molecule has 11 rings (SSSR count). The third-order valence-corrected chi connectivity index (χ3v) is 12.4. The number of hydrogen-bond acceptors (Lipinski definition) is 8. The summed E-state index contributed by atoms with van der Waals surface area (Å²) < 4.78 is 10.8. The van der Waals surface area contributed by atoms with Crippen LogP contribution in [0.1, 0.15) is 37.6 Å². The Bertz CT molecular complexity index is 3570. The van der Waals surface area contributed by atoms with Crippen LogP contribution in [0.5, 0.6) is 0 Å². The highest BCUT2D eigenvalue weighted by atomic mass is 16.5. The number of morpholine rings is 1. The van der Waals surface area contributed by atoms with E-state index in [9.17, 15) is 14.4 Å². The van der Waals surface area contributed by atoms with Crippen LogP contribution in [0.15, 0.2) is 166 Å². The van der Waals surface area contributed by atoms with Crippen molar-refractivity contribution in [1.82, 2.24) is 33.6 Å². The summed E-state index contributed by atoms with van der Waals surface area (Å²) in [7, 11) is 0. The minimum absolute atomic E-state index is 0.0109. The van der Waals surface area contributed by atoms with Crippen molar-refractivity contribution < 1.29 is 4.74 Å². The number of hydrogen-bond donors (Lipinski definition) is 1. The van der Waals surface area contributed by atoms with Gasteiger partial charge in [0.2, 0.25) is 0 Å². The summed E-state index contributed by atoms with van der Waals surface area (Å²) in [6, 6.07) is 47.6. The van der Waals surface area contributed by atoms with E-state index in [0.29, 0.717) is 43.1 Å². The first kappa shape index (κ1) is 45.2. The van der Waals surface area contributed by atoms with Crippen molar-refractivity contribution in [2.75, 3.05) is 31.2 Å². The number of aryl methyl sites for hydroxylation is 4. The van der Waals surface area contributed by atoms with Crippen molar-refractivity contribution in [3.05, 3.63) is 200 Å². The van der Waals surface area contributed by atoms with Gasteiger partial charge in [-0.3, -0.25) is 14.4 Å². The van der Waals surface area contributed by atoms with E-state index in [1.165, 1.54) is 5.56 Å². The second-order valence-corrected chi connectivity index (χ2v) is 16.7. The minimum atomic E-state index is -0.0453. The molecule has 4 aromatic heterocycles. The van der Waals surface area contributed by atoms with E-state index < -0.39 is 0 Å². The molecule has 0 bridgehead atoms. The molecule has 0 unspecified atom stereocenters. The zero-order valence-electron chi connectivity index (χ0n) is 38.9. The molecule has 0 atom stereocenters. The second kappa shape index (κ2) is 20.3. The monoisotopic (exact) mass is 902 g/mol. The maximum atomic E-state index is 12.9. The lowest BCUT2D eigenvalue weighted by Crippen LogP contribution is -2.36. The quantitative estimate of drug-likeness (QED) is 0.159. The van der Waals surface area contributed by atoms with Gasteiger partial charge in [0.25, 0.3) is 16.7 Å². The van der Waals surface area contributed by atoms with Crippen molar-refractivity contribution in [3.8, 4) is 22.5 Å². The smallest absolute Gasteiger partial charge is 0.277 e. The first-order chi connectivity index (χ1) is 33.2. The number of H-pyrrole nitrogens is 1. The molecule has 1 saturated heterocycles. The van der Waals surface area contributed by atoms with Gasteiger partial charge in [-0.2, -0.15) is 0 Å². The van der Waals surface area contributed by atoms with Gasteiger partial charge in [-0.05, 0) is 100.0 Å². The van der Waals surface area contributed by atoms with Crippen LogP contribution in [0.25, 0.3) is 66.5 Å². The van der Waals surface area contributed by atoms with E-state index >= 15 is 0 Å². The molecule has 12 nitrogen and oxygen atoms in total. The van der Waals surface area contributed by atoms with Crippen LogP contribution in [-0.4, -0.2) is 59.9 Å². The van der Waals surface area contributed by atoms with Crippen LogP contribution in [-0.2, 0) is 30.8 Å². The SMILES string of the molecule is CCn1c(=O)c(-c2ccc(N3CCOCC3)cc2)nc2ccccc21.CCn1c(=O)c(-c2ccc3[nH]ccc3c2)nc2ccccc21.CCn1c(=O)c(Cc2ccc(C)cc2)nc2ccccc21. The van der Waals surface area contributed by atoms with Gasteiger partial charge in [0, 0.05) is 73.1 Å². The van der Waals surface area contributed by atoms with Crippen molar-refractivity contribution >= 4 is 49.7 Å². The molecule has 10 aromatic rings. The fourth-order valence-electron chi connectivity index (χ4n) is 8.81. The van der Waals surface area contributed by atoms with Crippen molar-refractivity contribution in [2.24, 2.45) is 0 Å². The van der Waals surface area contributed by atoms with Gasteiger partial charge in [-0.25, -0.2) is 15.0 Å². The van der Waals surface area contributed by atoms with E-state index in [2.05, 4.69) is 68.2 Å². The number of anilines is 1. The van der Waals surface area contributed by atoms with Crippen LogP contribution in [0.4, 0.5) is 5.69 Å². The Hall–Kier alpha value is -7.96. The maximum absolute atomic E-state index is 12.9. The van der Waals surface area contributed by atoms with Crippen LogP contribution in [0.3, 0.4) is 0 Å². The Kier molecular flexibility index (Phi) is 13.5. The lowest BCUT2D eigenvalue weighted by molar-refractivity contribution is 0.122. The first-order valence-electron chi connectivity index (χ1n) is 23.3. The summed E-state index contributed by atoms with van der Waals surface area (Å²) in [5.41, 5.74) is 13.0. The number of rotatable bonds is 8. The fraction of sp³-hybridized carbons (Fsp3) is 0.214. The Morgan fingerprint density at radius 3 is 1.60 bits per heavy atom. The van der Waals surface area contributed by atoms with Gasteiger partial charge >= 0.3 is 0 Å². The normalized spacial score (nSPS) is 12.5. The number of nitrogens with one attached hydrogen (secondary N) is 1. The molecule has 0 spiro atoms. The van der Waals surface area contributed by atoms with E-state index in [1.54, 1.807) is 13.7 Å². The molecule has 12 heteroatoms. The van der Waals surface area contributed by atoms with Crippen molar-refractivity contribution in [1.29, 1.82) is 0 Å². The molecule has 1 aliphatic heterocycles. The average Bonchev–Trinajstić information content (AvgIpc) is 3.86. The summed E-state index contributed by atoms with van der Waals surface area (Å²) >= 11 is 0. The standard InChI is InChI=1S/C20H21N3O2.C18H15N3O.C18H18N2O/c1-2-23-18-6-4-3-5-17(18)21-19(20(23)24)15-7-9-16(10-8-15)22-11-13-25-14-12-22;1-2-21-16-6-4-3-5-15(16)20-17(18(21)22)13-7-8-14-12(11-13)9-10-19-14;1-3-20-17-7-5-4-6-15(17)19-16(18(20)21)12-14-10-8-13(2)9-11-14/h3-10H,2,11-14H2,1H3;3-11,19H,2H2,1H3;4-11H,3,12H2,1-2H3. The highest BCUT2D eigenvalue weighted by Crippen LogP contribution is 2.24. The lowest BCUT2D eigenvalue weighted by atomic mass is 10.1. The summed E-state index contributed by atoms with van der Waals surface area (Å²) in [6.45, 7) is 13.2. The molecule has 1 fully saturated rings. The Labute approximate surface area is 393 Å². The summed E-state index contributed by atoms with van der Waals surface area (Å²) in [5.74, 6) is 0. The number of para-hydroxylation sites is 6. The summed E-state index contributed by atoms with van der Waals surface area (Å²) in [4.78, 5) is 57.5. The van der Waals surface area contributed by atoms with Crippen LogP contribution in [0, 0.1) is 6.92 Å². The largest absolute Gasteiger partial charge is 0.378 e. The first-order valence-corrected chi connectivity index (χ1v) is 23.3. The van der Waals surface area contributed by atoms with Crippen LogP contribution in [0.2, 0.25) is 0 Å². The van der Waals surface area contributed by atoms with Gasteiger partial charge in [-0.1, -0.05) is 84.4 Å². The third-order valence-electron chi connectivity index (χ3n) is 12.4. The van der Waals surface area contributed by atoms with Crippen LogP contribution < -0.4 is 21.6 Å². The highest BCUT2D eigenvalue weighted by Gasteiger charge is 2.16. The topological polar surface area (TPSA) is 133 Å². The van der Waals surface area contributed by atoms with Crippen LogP contribution >= 0.6 is 0 Å². The van der Waals surface area contributed by atoms with E-state index in [4.69, 9.17) is 4.74 Å². The molecule has 342 valence electrons. The molecule has 68 heavy (non-hydrogen) atoms. The summed E-state index contributed by atoms with van der Waals surface area (Å²) in [5, 5.41) is 1.08. The zero-order valence-corrected chi connectivity index (χ0v) is 38.9. The molecule has 1 N–H and O–H groups in total. The number of ether oxygens (including phenoxy) is 1. The number of aromatic nitrogens is 7. The van der Waals surface area contributed by atoms with Gasteiger partial charge in [-0.15, -0.1) is 0 Å². The lowest BCUT2D eigenvalue weighted by Gasteiger charge is -2.28. The van der Waals surface area contributed by atoms with Crippen molar-refractivity contribution in [3.63, 3.8) is 0 Å². The van der Waals surface area contributed by atoms with Gasteiger partial charge < -0.3 is 28.3 Å². The van der Waals surface area contributed by atoms with Crippen molar-refractivity contribution in [2.45, 2.75) is 53.8 Å². The molecular formula is C56H54N8O4. The molecule has 1 aliphatic rings. The predicted octanol–water partition coefficient (Wildman–Crippen LogP) is 9.80. The highest BCUT2D eigenvalue weighted by molar-refractivity contribution is 5.86. The number of nitrogens with zero attached hydrogens (tertiary/aromatic N) is 7. The Balaban J connectivity index is 0.000000128. The molecule has 0 amide bonds. The molecule has 0 aliphatic carbocycles. The third kappa shape index (κ3) is 9.36. The zero-order chi connectivity index (χ0) is 47.1. The van der Waals surface area contributed by atoms with E-state index in [0.717, 1.165) is 92.7 Å². The Morgan fingerprint density at radius 2 is 1.04 bits per heavy atom. The van der Waals surface area contributed by atoms with Gasteiger partial charge in [0.1, 0.15) is 17.1 Å². The Morgan fingerprint density at radius 1 is 0.544 bits per heavy atom. The molecule has 5 heterocycles. The molecular weight excluding hydrogens is 849 g/mol. The average molecular weight is 903 g/mol. The predicted molar refractivity (Wildman–Crippen MR) is 275 cm³/mol. The molecule has 6 aromatic carbocycles. The number of aromatic amines is 1. The molecule has 0 saturated carbocycles. The fourth-order valence-corrected chi connectivity index (χ4v) is 8.81. The van der Waals surface area contributed by atoms with E-state index in [-0.39, 0.29) is 16.7 Å². The van der Waals surface area contributed by atoms with Gasteiger partial charge in [0.15, 0.2) is 0 Å². The number of benzene rings is 6. The van der Waals surface area contributed by atoms with Gasteiger partial charge in [0.05, 0.1) is 46.3 Å². The summed E-state index contributed by atoms with van der Waals surface area (Å²) in [6.07, 6.45) is 2.47. The minimum Gasteiger partial charge on any atom is -0.378 e.